The van der Waals surface area contributed by atoms with Crippen molar-refractivity contribution in [2.45, 2.75) is 12.8 Å². The normalized spacial score (nSPS) is 14.3. The van der Waals surface area contributed by atoms with Crippen LogP contribution in [0.25, 0.3) is 10.6 Å². The SMILES string of the molecule is CN(C)CCCCNC(=O)c1ccc(-c2ccnc(Nc3cccc(N4CCN(C)CC4)c3)n2)s1. The molecule has 8 nitrogen and oxygen atoms in total. The largest absolute Gasteiger partial charge is 0.369 e. The first kappa shape index (κ1) is 25.1. The van der Waals surface area contributed by atoms with Gasteiger partial charge in [-0.1, -0.05) is 6.07 Å². The van der Waals surface area contributed by atoms with Crippen molar-refractivity contribution in [3.63, 3.8) is 0 Å². The van der Waals surface area contributed by atoms with Gasteiger partial charge in [0.05, 0.1) is 15.4 Å². The minimum atomic E-state index is -0.0285. The van der Waals surface area contributed by atoms with Crippen LogP contribution in [-0.2, 0) is 0 Å². The van der Waals surface area contributed by atoms with E-state index in [1.165, 1.54) is 17.0 Å². The Balaban J connectivity index is 1.36. The number of piperazine rings is 1. The topological polar surface area (TPSA) is 76.6 Å². The third kappa shape index (κ3) is 7.24. The first-order valence-electron chi connectivity index (χ1n) is 12.1. The van der Waals surface area contributed by atoms with Crippen LogP contribution in [0.3, 0.4) is 0 Å². The van der Waals surface area contributed by atoms with Crippen LogP contribution in [0.4, 0.5) is 17.3 Å². The number of amides is 1. The Morgan fingerprint density at radius 1 is 1.09 bits per heavy atom. The number of hydrogen-bond donors (Lipinski definition) is 2. The van der Waals surface area contributed by atoms with Crippen molar-refractivity contribution in [2.75, 3.05) is 70.6 Å². The molecule has 2 N–H and O–H groups in total. The van der Waals surface area contributed by atoms with Crippen LogP contribution in [0.1, 0.15) is 22.5 Å². The summed E-state index contributed by atoms with van der Waals surface area (Å²) in [5.41, 5.74) is 2.96. The van der Waals surface area contributed by atoms with E-state index < -0.39 is 0 Å². The molecule has 1 fully saturated rings. The maximum atomic E-state index is 12.5. The van der Waals surface area contributed by atoms with Crippen LogP contribution < -0.4 is 15.5 Å². The minimum Gasteiger partial charge on any atom is -0.369 e. The van der Waals surface area contributed by atoms with E-state index in [9.17, 15) is 4.79 Å². The van der Waals surface area contributed by atoms with Crippen molar-refractivity contribution >= 4 is 34.6 Å². The van der Waals surface area contributed by atoms with Crippen molar-refractivity contribution in [1.82, 2.24) is 25.1 Å². The summed E-state index contributed by atoms with van der Waals surface area (Å²) in [7, 11) is 6.28. The second-order valence-electron chi connectivity index (χ2n) is 9.16. The standard InChI is InChI=1S/C26H35N7OS/c1-31(2)14-5-4-12-27-25(34)24-10-9-23(35-24)22-11-13-28-26(30-22)29-20-7-6-8-21(19-20)33-17-15-32(3)16-18-33/h6-11,13,19H,4-5,12,14-18H2,1-3H3,(H,27,34)(H,28,29,30). The molecule has 1 amide bonds. The Morgan fingerprint density at radius 2 is 1.91 bits per heavy atom. The maximum absolute atomic E-state index is 12.5. The van der Waals surface area contributed by atoms with Gasteiger partial charge in [-0.3, -0.25) is 4.79 Å². The summed E-state index contributed by atoms with van der Waals surface area (Å²) in [4.78, 5) is 30.2. The minimum absolute atomic E-state index is 0.0285. The molecule has 0 radical (unpaired) electrons. The molecule has 0 unspecified atom stereocenters. The molecule has 1 aromatic carbocycles. The van der Waals surface area contributed by atoms with Crippen LogP contribution in [0.5, 0.6) is 0 Å². The van der Waals surface area contributed by atoms with E-state index >= 15 is 0 Å². The van der Waals surface area contributed by atoms with Crippen LogP contribution in [0.2, 0.25) is 0 Å². The Labute approximate surface area is 212 Å². The number of thiophene rings is 1. The third-order valence-corrected chi connectivity index (χ3v) is 7.13. The van der Waals surface area contributed by atoms with E-state index in [0.717, 1.165) is 61.8 Å². The van der Waals surface area contributed by atoms with Gasteiger partial charge >= 0.3 is 0 Å². The van der Waals surface area contributed by atoms with Gasteiger partial charge in [-0.05, 0) is 76.9 Å². The van der Waals surface area contributed by atoms with Gasteiger partial charge in [0.2, 0.25) is 5.95 Å². The number of nitrogens with one attached hydrogen (secondary N) is 2. The molecule has 0 aliphatic carbocycles. The Kier molecular flexibility index (Phi) is 8.68. The van der Waals surface area contributed by atoms with Crippen LogP contribution in [-0.4, -0.2) is 86.1 Å². The molecule has 9 heteroatoms. The average Bonchev–Trinajstić information content (AvgIpc) is 3.35. The number of rotatable bonds is 10. The van der Waals surface area contributed by atoms with Crippen LogP contribution in [0, 0.1) is 0 Å². The summed E-state index contributed by atoms with van der Waals surface area (Å²) in [6, 6.07) is 14.1. The second-order valence-corrected chi connectivity index (χ2v) is 10.2. The zero-order valence-corrected chi connectivity index (χ0v) is 21.6. The highest BCUT2D eigenvalue weighted by Crippen LogP contribution is 2.28. The number of anilines is 3. The van der Waals surface area contributed by atoms with E-state index in [1.807, 2.05) is 24.3 Å². The fourth-order valence-electron chi connectivity index (χ4n) is 3.97. The maximum Gasteiger partial charge on any atom is 0.261 e. The molecule has 3 heterocycles. The highest BCUT2D eigenvalue weighted by molar-refractivity contribution is 7.17. The van der Waals surface area contributed by atoms with Gasteiger partial charge in [0.25, 0.3) is 5.91 Å². The number of unbranched alkanes of at least 4 members (excludes halogenated alkanes) is 1. The predicted molar refractivity (Wildman–Crippen MR) is 145 cm³/mol. The average molecular weight is 494 g/mol. The molecule has 1 aliphatic rings. The summed E-state index contributed by atoms with van der Waals surface area (Å²) >= 11 is 1.45. The number of carbonyl (C=O) groups excluding carboxylic acids is 1. The van der Waals surface area contributed by atoms with Crippen molar-refractivity contribution in [1.29, 1.82) is 0 Å². The van der Waals surface area contributed by atoms with E-state index in [2.05, 4.69) is 69.7 Å². The smallest absolute Gasteiger partial charge is 0.261 e. The lowest BCUT2D eigenvalue weighted by Crippen LogP contribution is -2.44. The Hall–Kier alpha value is -3.01. The lowest BCUT2D eigenvalue weighted by atomic mass is 10.2. The quantitative estimate of drug-likeness (QED) is 0.416. The highest BCUT2D eigenvalue weighted by Gasteiger charge is 2.15. The molecule has 1 aliphatic heterocycles. The van der Waals surface area contributed by atoms with Gasteiger partial charge < -0.3 is 25.3 Å². The number of nitrogens with zero attached hydrogens (tertiary/aromatic N) is 5. The summed E-state index contributed by atoms with van der Waals surface area (Å²) in [6.07, 6.45) is 3.79. The van der Waals surface area contributed by atoms with E-state index in [0.29, 0.717) is 17.4 Å². The molecule has 186 valence electrons. The molecule has 0 atom stereocenters. The molecule has 35 heavy (non-hydrogen) atoms. The lowest BCUT2D eigenvalue weighted by Gasteiger charge is -2.34. The molecule has 2 aromatic heterocycles. The zero-order chi connectivity index (χ0) is 24.6. The monoisotopic (exact) mass is 493 g/mol. The van der Waals surface area contributed by atoms with Crippen molar-refractivity contribution < 1.29 is 4.79 Å². The summed E-state index contributed by atoms with van der Waals surface area (Å²) in [5.74, 6) is 0.512. The van der Waals surface area contributed by atoms with Gasteiger partial charge in [0.1, 0.15) is 0 Å². The molecular formula is C26H35N7OS. The summed E-state index contributed by atoms with van der Waals surface area (Å²) in [6.45, 7) is 5.91. The van der Waals surface area contributed by atoms with Crippen LogP contribution in [0.15, 0.2) is 48.7 Å². The number of likely N-dealkylation sites (N-methyl/N-ethyl adjacent to an activating group) is 1. The molecular weight excluding hydrogens is 458 g/mol. The van der Waals surface area contributed by atoms with Gasteiger partial charge in [-0.2, -0.15) is 0 Å². The van der Waals surface area contributed by atoms with E-state index in [-0.39, 0.29) is 5.91 Å². The fourth-order valence-corrected chi connectivity index (χ4v) is 4.86. The van der Waals surface area contributed by atoms with Crippen molar-refractivity contribution in [2.24, 2.45) is 0 Å². The fraction of sp³-hybridized carbons (Fsp3) is 0.423. The Morgan fingerprint density at radius 3 is 2.71 bits per heavy atom. The van der Waals surface area contributed by atoms with Gasteiger partial charge in [0.15, 0.2) is 0 Å². The number of hydrogen-bond acceptors (Lipinski definition) is 8. The molecule has 4 rings (SSSR count). The molecule has 1 saturated heterocycles. The van der Waals surface area contributed by atoms with Crippen LogP contribution >= 0.6 is 11.3 Å². The predicted octanol–water partition coefficient (Wildman–Crippen LogP) is 3.77. The summed E-state index contributed by atoms with van der Waals surface area (Å²) < 4.78 is 0. The zero-order valence-electron chi connectivity index (χ0n) is 20.8. The van der Waals surface area contributed by atoms with Crippen molar-refractivity contribution in [3.8, 4) is 10.6 Å². The lowest BCUT2D eigenvalue weighted by molar-refractivity contribution is 0.0957. The van der Waals surface area contributed by atoms with Gasteiger partial charge in [0, 0.05) is 50.3 Å². The number of aromatic nitrogens is 2. The molecule has 3 aromatic rings. The molecule has 0 bridgehead atoms. The first-order chi connectivity index (χ1) is 17.0. The molecule has 0 spiro atoms. The number of carbonyl (C=O) groups is 1. The van der Waals surface area contributed by atoms with Gasteiger partial charge in [-0.15, -0.1) is 11.3 Å². The first-order valence-corrected chi connectivity index (χ1v) is 13.0. The second kappa shape index (κ2) is 12.1. The summed E-state index contributed by atoms with van der Waals surface area (Å²) in [5, 5.41) is 6.36. The Bertz CT molecular complexity index is 1110. The third-order valence-electron chi connectivity index (χ3n) is 6.03. The van der Waals surface area contributed by atoms with Gasteiger partial charge in [-0.25, -0.2) is 9.97 Å². The highest BCUT2D eigenvalue weighted by atomic mass is 32.1. The van der Waals surface area contributed by atoms with Crippen molar-refractivity contribution in [3.05, 3.63) is 53.5 Å². The van der Waals surface area contributed by atoms with E-state index in [1.54, 1.807) is 6.20 Å². The van der Waals surface area contributed by atoms with E-state index in [4.69, 9.17) is 4.98 Å². The molecule has 0 saturated carbocycles. The number of benzene rings is 1.